The van der Waals surface area contributed by atoms with Gasteiger partial charge in [0, 0.05) is 24.8 Å². The van der Waals surface area contributed by atoms with Crippen molar-refractivity contribution in [3.05, 3.63) is 156 Å². The Kier molecular flexibility index (Phi) is 15.2. The Labute approximate surface area is 368 Å². The molecule has 1 aromatic carbocycles. The first-order valence-corrected chi connectivity index (χ1v) is 19.8. The summed E-state index contributed by atoms with van der Waals surface area (Å²) in [7, 11) is 1.16. The van der Waals surface area contributed by atoms with Gasteiger partial charge in [-0.05, 0) is 81.8 Å². The highest BCUT2D eigenvalue weighted by atomic mass is 16.5. The summed E-state index contributed by atoms with van der Waals surface area (Å²) in [5.41, 5.74) is -6.91. The number of rotatable bonds is 18. The van der Waals surface area contributed by atoms with Crippen LogP contribution in [0.25, 0.3) is 0 Å². The summed E-state index contributed by atoms with van der Waals surface area (Å²) in [5.74, 6) is -5.22. The van der Waals surface area contributed by atoms with E-state index in [9.17, 15) is 33.6 Å². The number of nitrogens with zero attached hydrogens (tertiary/aromatic N) is 4. The van der Waals surface area contributed by atoms with Gasteiger partial charge in [-0.3, -0.25) is 43.9 Å². The lowest BCUT2D eigenvalue weighted by Gasteiger charge is -2.38. The van der Waals surface area contributed by atoms with E-state index in [4.69, 9.17) is 9.47 Å². The molecular weight excluding hydrogens is 825 g/mol. The van der Waals surface area contributed by atoms with Gasteiger partial charge in [0.2, 0.25) is 28.8 Å². The van der Waals surface area contributed by atoms with Crippen LogP contribution in [0, 0.1) is 0 Å². The second-order valence-electron chi connectivity index (χ2n) is 15.2. The molecule has 0 radical (unpaired) electrons. The summed E-state index contributed by atoms with van der Waals surface area (Å²) in [6.07, 6.45) is 4.71. The Bertz CT molecular complexity index is 2350. The van der Waals surface area contributed by atoms with Gasteiger partial charge in [-0.1, -0.05) is 54.6 Å². The van der Waals surface area contributed by atoms with Crippen molar-refractivity contribution < 1.29 is 43.0 Å². The standard InChI is InChI=1S/C45H48N10O9/c1-42(2,37(58)55-45(33-21-11-15-25-48-33,34-22-12-16-26-49-34)39(60)54-43(3,4)40(61)63-5)52-35(56)27-50-38(59)44(31-19-9-13-23-46-31,32-20-10-14-24-47-32)53-36(57)28-51-41(62)64-29-30-17-7-6-8-18-30/h6-26H,27-29H2,1-5H3,(H,50,59)(H,51,62)(H,52,56)(H,53,57)(H,54,60)(H,55,58). The van der Waals surface area contributed by atoms with Gasteiger partial charge in [-0.25, -0.2) is 9.59 Å². The number of aromatic nitrogens is 4. The van der Waals surface area contributed by atoms with E-state index >= 15 is 0 Å². The topological polar surface area (TPSA) is 262 Å². The van der Waals surface area contributed by atoms with Gasteiger partial charge in [-0.2, -0.15) is 0 Å². The first-order chi connectivity index (χ1) is 30.5. The number of hydrogen-bond donors (Lipinski definition) is 6. The lowest BCUT2D eigenvalue weighted by atomic mass is 9.86. The molecule has 0 aliphatic heterocycles. The van der Waals surface area contributed by atoms with Crippen LogP contribution in [0.5, 0.6) is 0 Å². The van der Waals surface area contributed by atoms with Gasteiger partial charge in [0.05, 0.1) is 36.4 Å². The molecule has 332 valence electrons. The average Bonchev–Trinajstić information content (AvgIpc) is 3.31. The number of benzene rings is 1. The molecule has 0 saturated heterocycles. The van der Waals surface area contributed by atoms with Crippen molar-refractivity contribution in [1.29, 1.82) is 0 Å². The van der Waals surface area contributed by atoms with Crippen molar-refractivity contribution in [2.24, 2.45) is 0 Å². The van der Waals surface area contributed by atoms with Crippen LogP contribution in [0.15, 0.2) is 128 Å². The van der Waals surface area contributed by atoms with Crippen LogP contribution in [0.4, 0.5) is 4.79 Å². The van der Waals surface area contributed by atoms with Crippen molar-refractivity contribution in [2.75, 3.05) is 20.2 Å². The molecule has 0 aliphatic rings. The Morgan fingerprint density at radius 2 is 0.922 bits per heavy atom. The van der Waals surface area contributed by atoms with Crippen LogP contribution in [-0.4, -0.2) is 92.8 Å². The van der Waals surface area contributed by atoms with Crippen molar-refractivity contribution in [1.82, 2.24) is 51.8 Å². The van der Waals surface area contributed by atoms with Crippen LogP contribution < -0.4 is 31.9 Å². The van der Waals surface area contributed by atoms with Crippen molar-refractivity contribution in [2.45, 2.75) is 56.5 Å². The molecule has 4 aromatic heterocycles. The van der Waals surface area contributed by atoms with Gasteiger partial charge < -0.3 is 41.4 Å². The first kappa shape index (κ1) is 47.0. The summed E-state index contributed by atoms with van der Waals surface area (Å²) in [4.78, 5) is 113. The maximum Gasteiger partial charge on any atom is 0.407 e. The van der Waals surface area contributed by atoms with Gasteiger partial charge in [0.15, 0.2) is 0 Å². The molecular formula is C45H48N10O9. The summed E-state index contributed by atoms with van der Waals surface area (Å²) in [5, 5.41) is 15.5. The number of amides is 6. The molecule has 5 aromatic rings. The normalized spacial score (nSPS) is 11.5. The third-order valence-electron chi connectivity index (χ3n) is 9.66. The predicted molar refractivity (Wildman–Crippen MR) is 229 cm³/mol. The molecule has 6 N–H and O–H groups in total. The molecule has 4 heterocycles. The molecule has 0 fully saturated rings. The van der Waals surface area contributed by atoms with E-state index in [2.05, 4.69) is 51.8 Å². The molecule has 0 spiro atoms. The minimum Gasteiger partial charge on any atom is -0.467 e. The Hall–Kier alpha value is -8.09. The number of hydrogen-bond acceptors (Lipinski definition) is 13. The van der Waals surface area contributed by atoms with E-state index in [1.54, 1.807) is 72.8 Å². The average molecular weight is 873 g/mol. The van der Waals surface area contributed by atoms with Crippen LogP contribution in [0.3, 0.4) is 0 Å². The number of methoxy groups -OCH3 is 1. The van der Waals surface area contributed by atoms with Gasteiger partial charge in [0.1, 0.15) is 24.2 Å². The number of pyridine rings is 4. The van der Waals surface area contributed by atoms with Crippen molar-refractivity contribution in [3.63, 3.8) is 0 Å². The summed E-state index contributed by atoms with van der Waals surface area (Å²) in [6, 6.07) is 27.6. The second kappa shape index (κ2) is 20.6. The molecule has 0 bridgehead atoms. The van der Waals surface area contributed by atoms with Crippen LogP contribution in [0.1, 0.15) is 56.0 Å². The first-order valence-electron chi connectivity index (χ1n) is 19.8. The van der Waals surface area contributed by atoms with Crippen LogP contribution >= 0.6 is 0 Å². The van der Waals surface area contributed by atoms with E-state index in [1.165, 1.54) is 76.7 Å². The van der Waals surface area contributed by atoms with E-state index in [0.717, 1.165) is 12.7 Å². The monoisotopic (exact) mass is 872 g/mol. The molecule has 0 unspecified atom stereocenters. The molecule has 19 nitrogen and oxygen atoms in total. The maximum absolute atomic E-state index is 14.5. The molecule has 19 heteroatoms. The predicted octanol–water partition coefficient (Wildman–Crippen LogP) is 1.69. The van der Waals surface area contributed by atoms with Gasteiger partial charge in [-0.15, -0.1) is 0 Å². The van der Waals surface area contributed by atoms with Gasteiger partial charge in [0.25, 0.3) is 11.8 Å². The number of nitrogens with one attached hydrogen (secondary N) is 6. The number of carbonyl (C=O) groups is 7. The van der Waals surface area contributed by atoms with E-state index in [0.29, 0.717) is 0 Å². The quantitative estimate of drug-likeness (QED) is 0.0686. The molecule has 64 heavy (non-hydrogen) atoms. The van der Waals surface area contributed by atoms with Crippen molar-refractivity contribution in [3.8, 4) is 0 Å². The fourth-order valence-electron chi connectivity index (χ4n) is 6.37. The molecule has 0 atom stereocenters. The Morgan fingerprint density at radius 3 is 1.38 bits per heavy atom. The minimum atomic E-state index is -2.17. The van der Waals surface area contributed by atoms with Crippen LogP contribution in [-0.2, 0) is 55.9 Å². The fourth-order valence-corrected chi connectivity index (χ4v) is 6.37. The molecule has 5 rings (SSSR count). The largest absolute Gasteiger partial charge is 0.467 e. The number of alkyl carbamates (subject to hydrolysis) is 1. The van der Waals surface area contributed by atoms with Gasteiger partial charge >= 0.3 is 12.1 Å². The highest BCUT2D eigenvalue weighted by Crippen LogP contribution is 2.30. The fraction of sp³-hybridized carbons (Fsp3) is 0.267. The third-order valence-corrected chi connectivity index (χ3v) is 9.66. The third kappa shape index (κ3) is 11.0. The summed E-state index contributed by atoms with van der Waals surface area (Å²) >= 11 is 0. The van der Waals surface area contributed by atoms with E-state index in [1.807, 2.05) is 6.07 Å². The zero-order valence-corrected chi connectivity index (χ0v) is 35.7. The lowest BCUT2D eigenvalue weighted by Crippen LogP contribution is -2.67. The molecule has 6 amide bonds. The number of ether oxygens (including phenoxy) is 2. The maximum atomic E-state index is 14.5. The zero-order chi connectivity index (χ0) is 46.4. The Morgan fingerprint density at radius 1 is 0.484 bits per heavy atom. The van der Waals surface area contributed by atoms with E-state index in [-0.39, 0.29) is 29.4 Å². The van der Waals surface area contributed by atoms with Crippen LogP contribution in [0.2, 0.25) is 0 Å². The summed E-state index contributed by atoms with van der Waals surface area (Å²) < 4.78 is 10.1. The SMILES string of the molecule is COC(=O)C(C)(C)NC(=O)C(NC(=O)C(C)(C)NC(=O)CNC(=O)C(NC(=O)CNC(=O)OCc1ccccc1)(c1ccccn1)c1ccccn1)(c1ccccn1)c1ccccn1. The number of esters is 1. The van der Waals surface area contributed by atoms with Crippen molar-refractivity contribution >= 4 is 41.6 Å². The Balaban J connectivity index is 1.38. The smallest absolute Gasteiger partial charge is 0.407 e. The summed E-state index contributed by atoms with van der Waals surface area (Å²) in [6.45, 7) is 4.15. The zero-order valence-electron chi connectivity index (χ0n) is 35.7. The molecule has 0 aliphatic carbocycles. The van der Waals surface area contributed by atoms with E-state index < -0.39 is 76.8 Å². The minimum absolute atomic E-state index is 0.0142. The highest BCUT2D eigenvalue weighted by Gasteiger charge is 2.51. The lowest BCUT2D eigenvalue weighted by molar-refractivity contribution is -0.150. The number of carbonyl (C=O) groups excluding carboxylic acids is 7. The molecule has 0 saturated carbocycles. The second-order valence-corrected chi connectivity index (χ2v) is 15.2. The highest BCUT2D eigenvalue weighted by molar-refractivity contribution is 6.01.